The third kappa shape index (κ3) is 4.15. The summed E-state index contributed by atoms with van der Waals surface area (Å²) in [5.74, 6) is 0.377. The Morgan fingerprint density at radius 2 is 1.92 bits per heavy atom. The van der Waals surface area contributed by atoms with Gasteiger partial charge in [-0.15, -0.1) is 0 Å². The topological polar surface area (TPSA) is 78.5 Å². The number of carbonyl (C=O) groups excluding carboxylic acids is 1. The number of hydrogen-bond acceptors (Lipinski definition) is 4. The van der Waals surface area contributed by atoms with E-state index >= 15 is 0 Å². The van der Waals surface area contributed by atoms with Crippen LogP contribution in [0.15, 0.2) is 29.2 Å². The van der Waals surface area contributed by atoms with Gasteiger partial charge in [-0.05, 0) is 56.8 Å². The Morgan fingerprint density at radius 1 is 1.21 bits per heavy atom. The lowest BCUT2D eigenvalue weighted by Gasteiger charge is -2.31. The van der Waals surface area contributed by atoms with Crippen LogP contribution in [0.3, 0.4) is 0 Å². The molecule has 0 spiro atoms. The second kappa shape index (κ2) is 7.21. The third-order valence-corrected chi connectivity index (χ3v) is 6.26. The molecule has 1 aliphatic heterocycles. The van der Waals surface area contributed by atoms with E-state index in [-0.39, 0.29) is 10.8 Å². The number of hydrogen-bond donors (Lipinski definition) is 2. The zero-order valence-corrected chi connectivity index (χ0v) is 14.8. The number of rotatable bonds is 6. The summed E-state index contributed by atoms with van der Waals surface area (Å²) >= 11 is 0. The van der Waals surface area contributed by atoms with Crippen molar-refractivity contribution >= 4 is 15.9 Å². The van der Waals surface area contributed by atoms with Crippen LogP contribution in [0.25, 0.3) is 0 Å². The van der Waals surface area contributed by atoms with Gasteiger partial charge in [0.25, 0.3) is 5.91 Å². The first-order valence-corrected chi connectivity index (χ1v) is 10.0. The van der Waals surface area contributed by atoms with Gasteiger partial charge in [-0.3, -0.25) is 4.79 Å². The van der Waals surface area contributed by atoms with Gasteiger partial charge in [-0.1, -0.05) is 6.07 Å². The van der Waals surface area contributed by atoms with Crippen molar-refractivity contribution < 1.29 is 13.2 Å². The number of likely N-dealkylation sites (tertiary alicyclic amines) is 1. The maximum atomic E-state index is 12.6. The van der Waals surface area contributed by atoms with E-state index in [4.69, 9.17) is 0 Å². The van der Waals surface area contributed by atoms with Crippen molar-refractivity contribution in [2.45, 2.75) is 36.6 Å². The molecule has 0 bridgehead atoms. The van der Waals surface area contributed by atoms with E-state index in [0.29, 0.717) is 37.2 Å². The predicted molar refractivity (Wildman–Crippen MR) is 92.3 cm³/mol. The first-order valence-electron chi connectivity index (χ1n) is 8.56. The Balaban J connectivity index is 1.69. The van der Waals surface area contributed by atoms with Gasteiger partial charge in [0.2, 0.25) is 10.0 Å². The number of nitrogens with zero attached hydrogens (tertiary/aromatic N) is 1. The van der Waals surface area contributed by atoms with Gasteiger partial charge >= 0.3 is 0 Å². The molecule has 1 amide bonds. The molecule has 1 aromatic carbocycles. The zero-order chi connectivity index (χ0) is 17.2. The molecule has 0 radical (unpaired) electrons. The molecular weight excluding hydrogens is 326 g/mol. The molecule has 0 unspecified atom stereocenters. The van der Waals surface area contributed by atoms with E-state index in [1.54, 1.807) is 23.1 Å². The molecule has 2 fully saturated rings. The van der Waals surface area contributed by atoms with Crippen molar-refractivity contribution in [3.8, 4) is 0 Å². The van der Waals surface area contributed by atoms with Gasteiger partial charge < -0.3 is 10.2 Å². The Hall–Kier alpha value is -1.44. The van der Waals surface area contributed by atoms with Gasteiger partial charge in [-0.2, -0.15) is 0 Å². The second-order valence-electron chi connectivity index (χ2n) is 6.68. The Morgan fingerprint density at radius 3 is 2.54 bits per heavy atom. The van der Waals surface area contributed by atoms with Crippen molar-refractivity contribution in [1.82, 2.24) is 14.9 Å². The molecule has 24 heavy (non-hydrogen) atoms. The molecule has 2 N–H and O–H groups in total. The van der Waals surface area contributed by atoms with Crippen LogP contribution < -0.4 is 10.0 Å². The molecular formula is C17H25N3O3S. The van der Waals surface area contributed by atoms with Crippen LogP contribution in [0.2, 0.25) is 0 Å². The van der Waals surface area contributed by atoms with Crippen molar-refractivity contribution in [3.63, 3.8) is 0 Å². The Labute approximate surface area is 143 Å². The second-order valence-corrected chi connectivity index (χ2v) is 8.45. The smallest absolute Gasteiger partial charge is 0.253 e. The van der Waals surface area contributed by atoms with Crippen LogP contribution in [0.4, 0.5) is 0 Å². The normalized spacial score (nSPS) is 19.5. The van der Waals surface area contributed by atoms with Crippen LogP contribution in [-0.2, 0) is 10.0 Å². The summed E-state index contributed by atoms with van der Waals surface area (Å²) < 4.78 is 27.3. The van der Waals surface area contributed by atoms with Gasteiger partial charge in [0, 0.05) is 31.2 Å². The number of sulfonamides is 1. The quantitative estimate of drug-likeness (QED) is 0.807. The minimum atomic E-state index is -3.55. The SMILES string of the molecule is CNC1CCN(C(=O)c2cccc(S(=O)(=O)NCC3CC3)c2)CC1. The number of amides is 1. The fraction of sp³-hybridized carbons (Fsp3) is 0.588. The lowest BCUT2D eigenvalue weighted by atomic mass is 10.0. The van der Waals surface area contributed by atoms with E-state index < -0.39 is 10.0 Å². The molecule has 132 valence electrons. The highest BCUT2D eigenvalue weighted by Crippen LogP contribution is 2.28. The molecule has 0 aromatic heterocycles. The molecule has 1 heterocycles. The van der Waals surface area contributed by atoms with Gasteiger partial charge in [-0.25, -0.2) is 13.1 Å². The average molecular weight is 351 g/mol. The third-order valence-electron chi connectivity index (χ3n) is 4.84. The van der Waals surface area contributed by atoms with Gasteiger partial charge in [0.15, 0.2) is 0 Å². The monoisotopic (exact) mass is 351 g/mol. The van der Waals surface area contributed by atoms with Gasteiger partial charge in [0.05, 0.1) is 4.90 Å². The lowest BCUT2D eigenvalue weighted by Crippen LogP contribution is -2.44. The van der Waals surface area contributed by atoms with E-state index in [9.17, 15) is 13.2 Å². The summed E-state index contributed by atoms with van der Waals surface area (Å²) in [6, 6.07) is 6.81. The number of benzene rings is 1. The van der Waals surface area contributed by atoms with E-state index in [0.717, 1.165) is 25.7 Å². The summed E-state index contributed by atoms with van der Waals surface area (Å²) in [6.45, 7) is 1.88. The predicted octanol–water partition coefficient (Wildman–Crippen LogP) is 1.20. The van der Waals surface area contributed by atoms with Crippen LogP contribution in [0.5, 0.6) is 0 Å². The summed E-state index contributed by atoms with van der Waals surface area (Å²) in [5.41, 5.74) is 0.437. The van der Waals surface area contributed by atoms with Crippen molar-refractivity contribution in [2.24, 2.45) is 5.92 Å². The molecule has 7 heteroatoms. The average Bonchev–Trinajstić information content (AvgIpc) is 3.44. The largest absolute Gasteiger partial charge is 0.339 e. The summed E-state index contributed by atoms with van der Waals surface area (Å²) in [7, 11) is -1.61. The molecule has 0 atom stereocenters. The highest BCUT2D eigenvalue weighted by molar-refractivity contribution is 7.89. The van der Waals surface area contributed by atoms with Crippen LogP contribution in [0, 0.1) is 5.92 Å². The number of carbonyl (C=O) groups is 1. The van der Waals surface area contributed by atoms with E-state index in [1.807, 2.05) is 7.05 Å². The first-order chi connectivity index (χ1) is 11.5. The van der Waals surface area contributed by atoms with Gasteiger partial charge in [0.1, 0.15) is 0 Å². The number of piperidine rings is 1. The van der Waals surface area contributed by atoms with Crippen LogP contribution >= 0.6 is 0 Å². The van der Waals surface area contributed by atoms with Crippen molar-refractivity contribution in [2.75, 3.05) is 26.7 Å². The zero-order valence-electron chi connectivity index (χ0n) is 14.0. The summed E-state index contributed by atoms with van der Waals surface area (Å²) in [6.07, 6.45) is 4.01. The van der Waals surface area contributed by atoms with Crippen LogP contribution in [0.1, 0.15) is 36.0 Å². The fourth-order valence-corrected chi connectivity index (χ4v) is 4.14. The molecule has 1 aliphatic carbocycles. The van der Waals surface area contributed by atoms with Crippen LogP contribution in [-0.4, -0.2) is 51.9 Å². The molecule has 3 rings (SSSR count). The van der Waals surface area contributed by atoms with E-state index in [1.165, 1.54) is 6.07 Å². The van der Waals surface area contributed by atoms with E-state index in [2.05, 4.69) is 10.0 Å². The summed E-state index contributed by atoms with van der Waals surface area (Å²) in [5, 5.41) is 3.23. The van der Waals surface area contributed by atoms with Crippen molar-refractivity contribution in [1.29, 1.82) is 0 Å². The van der Waals surface area contributed by atoms with Crippen molar-refractivity contribution in [3.05, 3.63) is 29.8 Å². The molecule has 1 aromatic rings. The lowest BCUT2D eigenvalue weighted by molar-refractivity contribution is 0.0707. The number of nitrogens with one attached hydrogen (secondary N) is 2. The molecule has 2 aliphatic rings. The minimum absolute atomic E-state index is 0.0937. The standard InChI is InChI=1S/C17H25N3O3S/c1-18-15-7-9-20(10-8-15)17(21)14-3-2-4-16(11-14)24(22,23)19-12-13-5-6-13/h2-4,11,13,15,18-19H,5-10,12H2,1H3. The molecule has 6 nitrogen and oxygen atoms in total. The molecule has 1 saturated heterocycles. The molecule has 1 saturated carbocycles. The summed E-state index contributed by atoms with van der Waals surface area (Å²) in [4.78, 5) is 14.6. The highest BCUT2D eigenvalue weighted by Gasteiger charge is 2.26. The minimum Gasteiger partial charge on any atom is -0.339 e. The maximum Gasteiger partial charge on any atom is 0.253 e. The highest BCUT2D eigenvalue weighted by atomic mass is 32.2. The Kier molecular flexibility index (Phi) is 5.22. The Bertz CT molecular complexity index is 693. The maximum absolute atomic E-state index is 12.6. The fourth-order valence-electron chi connectivity index (χ4n) is 2.98. The first kappa shape index (κ1) is 17.4.